The smallest absolute Gasteiger partial charge is 0.0883 e. The summed E-state index contributed by atoms with van der Waals surface area (Å²) < 4.78 is 36.5. The second kappa shape index (κ2) is 41.4. The number of hydrogen-bond acceptors (Lipinski definition) is 4. The lowest BCUT2D eigenvalue weighted by Gasteiger charge is -2.37. The highest BCUT2D eigenvalue weighted by Gasteiger charge is 2.24. The van der Waals surface area contributed by atoms with Crippen LogP contribution in [0.3, 0.4) is 0 Å². The Morgan fingerprint density at radius 2 is 0.618 bits per heavy atom. The predicted molar refractivity (Wildman–Crippen MR) is 243 cm³/mol. The Labute approximate surface area is 347 Å². The Balaban J connectivity index is -0.000000874. The van der Waals surface area contributed by atoms with E-state index in [0.717, 1.165) is 12.1 Å². The second-order valence-electron chi connectivity index (χ2n) is 17.5. The van der Waals surface area contributed by atoms with Gasteiger partial charge < -0.3 is 18.1 Å². The van der Waals surface area contributed by atoms with Crippen LogP contribution in [0.1, 0.15) is 234 Å². The van der Waals surface area contributed by atoms with E-state index in [4.69, 9.17) is 17.5 Å². The van der Waals surface area contributed by atoms with Crippen LogP contribution in [0.4, 0.5) is 0 Å². The number of unbranched alkanes of at least 4 members (excludes halogenated alkanes) is 22. The Morgan fingerprint density at radius 3 is 0.836 bits per heavy atom. The summed E-state index contributed by atoms with van der Waals surface area (Å²) in [6.07, 6.45) is 51.5. The molecule has 0 aliphatic carbocycles. The van der Waals surface area contributed by atoms with E-state index >= 15 is 0 Å². The molecular weight excluding hydrogens is 701 g/mol. The van der Waals surface area contributed by atoms with Crippen molar-refractivity contribution in [2.24, 2.45) is 0 Å². The normalized spacial score (nSPS) is 13.5. The molecule has 6 nitrogen and oxygen atoms in total. The van der Waals surface area contributed by atoms with Crippen molar-refractivity contribution in [3.63, 3.8) is 0 Å². The average molecular weight is 801 g/mol. The molecule has 0 aromatic carbocycles. The van der Waals surface area contributed by atoms with E-state index < -0.39 is 10.4 Å². The standard InChI is InChI=1S/2C24H50N.H2O4S/c2*1-6-9-10-11-12-13-14-15-16-17-18-19-20-21-22-23-24(7-2)25(4,5)8-3;1-5(2,3)4/h2*15-16,24H,6-14,17-23H2,1-5H3;(H2,1,2,3,4)/q2*+1;/p-2. The van der Waals surface area contributed by atoms with Crippen LogP contribution in [-0.4, -0.2) is 79.9 Å². The summed E-state index contributed by atoms with van der Waals surface area (Å²) in [5.74, 6) is 0. The molecule has 0 radical (unpaired) electrons. The van der Waals surface area contributed by atoms with Crippen LogP contribution in [0.2, 0.25) is 0 Å². The highest BCUT2D eigenvalue weighted by Crippen LogP contribution is 2.20. The van der Waals surface area contributed by atoms with Gasteiger partial charge in [0.15, 0.2) is 0 Å². The van der Waals surface area contributed by atoms with Crippen LogP contribution in [0.5, 0.6) is 0 Å². The average Bonchev–Trinajstić information content (AvgIpc) is 3.14. The first-order valence-corrected chi connectivity index (χ1v) is 25.1. The van der Waals surface area contributed by atoms with Crippen LogP contribution >= 0.6 is 0 Å². The molecule has 0 spiro atoms. The van der Waals surface area contributed by atoms with Crippen molar-refractivity contribution < 1.29 is 26.5 Å². The molecule has 0 aliphatic rings. The van der Waals surface area contributed by atoms with Gasteiger partial charge in [-0.3, -0.25) is 8.42 Å². The van der Waals surface area contributed by atoms with Crippen molar-refractivity contribution in [3.05, 3.63) is 24.3 Å². The Bertz CT molecular complexity index is 864. The lowest BCUT2D eigenvalue weighted by Crippen LogP contribution is -2.48. The largest absolute Gasteiger partial charge is 0.759 e. The van der Waals surface area contributed by atoms with Crippen molar-refractivity contribution in [1.29, 1.82) is 0 Å². The maximum Gasteiger partial charge on any atom is 0.0883 e. The van der Waals surface area contributed by atoms with Gasteiger partial charge in [-0.25, -0.2) is 0 Å². The molecule has 0 N–H and O–H groups in total. The first kappa shape index (κ1) is 58.6. The molecule has 0 fully saturated rings. The van der Waals surface area contributed by atoms with Crippen molar-refractivity contribution >= 4 is 10.4 Å². The van der Waals surface area contributed by atoms with Gasteiger partial charge in [0.1, 0.15) is 0 Å². The van der Waals surface area contributed by atoms with Gasteiger partial charge in [-0.1, -0.05) is 155 Å². The lowest BCUT2D eigenvalue weighted by atomic mass is 10.0. The summed E-state index contributed by atoms with van der Waals surface area (Å²) in [6.45, 7) is 16.4. The summed E-state index contributed by atoms with van der Waals surface area (Å²) in [6, 6.07) is 1.71. The molecule has 0 aliphatic heterocycles. The zero-order chi connectivity index (χ0) is 42.1. The van der Waals surface area contributed by atoms with Gasteiger partial charge in [0, 0.05) is 10.4 Å². The van der Waals surface area contributed by atoms with E-state index in [9.17, 15) is 0 Å². The highest BCUT2D eigenvalue weighted by molar-refractivity contribution is 7.79. The van der Waals surface area contributed by atoms with Gasteiger partial charge in [-0.2, -0.15) is 0 Å². The molecular formula is C48H100N2O4S. The van der Waals surface area contributed by atoms with Gasteiger partial charge in [0.2, 0.25) is 0 Å². The second-order valence-corrected chi connectivity index (χ2v) is 18.3. The van der Waals surface area contributed by atoms with Crippen molar-refractivity contribution in [2.45, 2.75) is 246 Å². The molecule has 55 heavy (non-hydrogen) atoms. The molecule has 0 saturated carbocycles. The van der Waals surface area contributed by atoms with E-state index in [1.165, 1.54) is 215 Å². The van der Waals surface area contributed by atoms with Gasteiger partial charge in [0.05, 0.1) is 53.4 Å². The third-order valence-electron chi connectivity index (χ3n) is 12.1. The maximum absolute atomic E-state index is 8.52. The molecule has 0 aromatic heterocycles. The van der Waals surface area contributed by atoms with Gasteiger partial charge in [0.25, 0.3) is 0 Å². The van der Waals surface area contributed by atoms with E-state index in [2.05, 4.69) is 94.0 Å². The van der Waals surface area contributed by atoms with Crippen molar-refractivity contribution in [2.75, 3.05) is 41.3 Å². The van der Waals surface area contributed by atoms with Crippen LogP contribution in [0.25, 0.3) is 0 Å². The molecule has 0 aromatic rings. The minimum Gasteiger partial charge on any atom is -0.759 e. The van der Waals surface area contributed by atoms with Crippen LogP contribution in [-0.2, 0) is 10.4 Å². The molecule has 2 unspecified atom stereocenters. The zero-order valence-electron chi connectivity index (χ0n) is 39.0. The Kier molecular flexibility index (Phi) is 44.1. The SMILES string of the molecule is CCCCCCCCC=CCCCCCCCC(CC)[N+](C)(C)CC.CCCCCCCCC=CCCCCCCCC(CC)[N+](C)(C)CC.O=S(=O)([O-])[O-]. The van der Waals surface area contributed by atoms with Gasteiger partial charge >= 0.3 is 0 Å². The topological polar surface area (TPSA) is 80.3 Å². The van der Waals surface area contributed by atoms with Crippen LogP contribution in [0, 0.1) is 0 Å². The summed E-state index contributed by atoms with van der Waals surface area (Å²) in [7, 11) is 4.41. The lowest BCUT2D eigenvalue weighted by molar-refractivity contribution is -0.914. The third kappa shape index (κ3) is 45.8. The fraction of sp³-hybridized carbons (Fsp3) is 0.917. The predicted octanol–water partition coefficient (Wildman–Crippen LogP) is 14.5. The molecule has 2 atom stereocenters. The summed E-state index contributed by atoms with van der Waals surface area (Å²) in [4.78, 5) is 0. The fourth-order valence-corrected chi connectivity index (χ4v) is 7.51. The summed E-state index contributed by atoms with van der Waals surface area (Å²) in [5.41, 5.74) is 0. The minimum atomic E-state index is -5.17. The molecule has 0 amide bonds. The van der Waals surface area contributed by atoms with E-state index in [0.29, 0.717) is 0 Å². The Hall–Kier alpha value is -0.730. The van der Waals surface area contributed by atoms with Gasteiger partial charge in [-0.05, 0) is 104 Å². The van der Waals surface area contributed by atoms with E-state index in [1.807, 2.05) is 0 Å². The number of nitrogens with zero attached hydrogens (tertiary/aromatic N) is 2. The van der Waals surface area contributed by atoms with Crippen molar-refractivity contribution in [1.82, 2.24) is 0 Å². The first-order chi connectivity index (χ1) is 26.2. The van der Waals surface area contributed by atoms with Crippen molar-refractivity contribution in [3.8, 4) is 0 Å². The quantitative estimate of drug-likeness (QED) is 0.0208. The fourth-order valence-electron chi connectivity index (χ4n) is 7.51. The third-order valence-corrected chi connectivity index (χ3v) is 12.1. The number of quaternary nitrogens is 2. The first-order valence-electron chi connectivity index (χ1n) is 23.8. The molecule has 332 valence electrons. The number of rotatable bonds is 36. The number of hydrogen-bond donors (Lipinski definition) is 0. The molecule has 7 heteroatoms. The monoisotopic (exact) mass is 801 g/mol. The maximum atomic E-state index is 8.52. The van der Waals surface area contributed by atoms with E-state index in [-0.39, 0.29) is 0 Å². The molecule has 0 rings (SSSR count). The Morgan fingerprint density at radius 1 is 0.400 bits per heavy atom. The molecule has 0 saturated heterocycles. The molecule has 0 bridgehead atoms. The highest BCUT2D eigenvalue weighted by atomic mass is 32.3. The van der Waals surface area contributed by atoms with Crippen LogP contribution < -0.4 is 0 Å². The molecule has 0 heterocycles. The summed E-state index contributed by atoms with van der Waals surface area (Å²) in [5, 5.41) is 0. The van der Waals surface area contributed by atoms with Crippen LogP contribution in [0.15, 0.2) is 24.3 Å². The van der Waals surface area contributed by atoms with E-state index in [1.54, 1.807) is 0 Å². The zero-order valence-corrected chi connectivity index (χ0v) is 39.8. The number of allylic oxidation sites excluding steroid dienone is 4. The summed E-state index contributed by atoms with van der Waals surface area (Å²) >= 11 is 0. The minimum absolute atomic E-state index is 0.856. The van der Waals surface area contributed by atoms with Gasteiger partial charge in [-0.15, -0.1) is 0 Å².